The second kappa shape index (κ2) is 9.00. The average Bonchev–Trinajstić information content (AvgIpc) is 2.00. The van der Waals surface area contributed by atoms with Crippen molar-refractivity contribution in [2.45, 2.75) is 32.4 Å². The van der Waals surface area contributed by atoms with Crippen molar-refractivity contribution in [3.63, 3.8) is 0 Å². The maximum Gasteiger partial charge on any atom is 0.135 e. The molecule has 0 rings (SSSR count). The predicted octanol–water partition coefficient (Wildman–Crippen LogP) is 1.89. The summed E-state index contributed by atoms with van der Waals surface area (Å²) in [5, 5.41) is 0. The molecule has 0 unspecified atom stereocenters. The lowest BCUT2D eigenvalue weighted by atomic mass is 9.95. The summed E-state index contributed by atoms with van der Waals surface area (Å²) in [6.07, 6.45) is 1.34. The Labute approximate surface area is 92.4 Å². The van der Waals surface area contributed by atoms with Crippen molar-refractivity contribution in [3.05, 3.63) is 0 Å². The second-order valence-corrected chi connectivity index (χ2v) is 3.49. The van der Waals surface area contributed by atoms with E-state index in [1.54, 1.807) is 0 Å². The summed E-state index contributed by atoms with van der Waals surface area (Å²) in [6, 6.07) is 0. The van der Waals surface area contributed by atoms with E-state index in [1.807, 2.05) is 0 Å². The highest BCUT2D eigenvalue weighted by Crippen LogP contribution is 2.18. The Hall–Kier alpha value is 0.430. The maximum atomic E-state index is 13.4. The summed E-state index contributed by atoms with van der Waals surface area (Å²) in [5.74, 6) is 0.517. The van der Waals surface area contributed by atoms with Gasteiger partial charge in [0.15, 0.2) is 0 Å². The van der Waals surface area contributed by atoms with Crippen LogP contribution >= 0.6 is 24.8 Å². The van der Waals surface area contributed by atoms with Gasteiger partial charge in [0, 0.05) is 13.1 Å². The van der Waals surface area contributed by atoms with Crippen molar-refractivity contribution >= 4 is 24.8 Å². The third kappa shape index (κ3) is 8.75. The molecular weight excluding hydrogens is 214 g/mol. The molecular formula is C8H21Cl2FN2. The molecule has 0 atom stereocenters. The van der Waals surface area contributed by atoms with Gasteiger partial charge in [0.25, 0.3) is 0 Å². The topological polar surface area (TPSA) is 52.0 Å². The third-order valence-corrected chi connectivity index (χ3v) is 1.90. The van der Waals surface area contributed by atoms with Gasteiger partial charge in [-0.15, -0.1) is 24.8 Å². The smallest absolute Gasteiger partial charge is 0.135 e. The molecule has 5 heteroatoms. The van der Waals surface area contributed by atoms with Gasteiger partial charge < -0.3 is 11.5 Å². The Morgan fingerprint density at radius 3 is 1.77 bits per heavy atom. The first-order chi connectivity index (χ1) is 5.04. The summed E-state index contributed by atoms with van der Waals surface area (Å²) < 4.78 is 13.4. The molecule has 0 fully saturated rings. The minimum atomic E-state index is -1.33. The Morgan fingerprint density at radius 2 is 1.54 bits per heavy atom. The van der Waals surface area contributed by atoms with Crippen LogP contribution < -0.4 is 11.5 Å². The monoisotopic (exact) mass is 234 g/mol. The van der Waals surface area contributed by atoms with Crippen LogP contribution in [-0.2, 0) is 0 Å². The van der Waals surface area contributed by atoms with Gasteiger partial charge in [-0.3, -0.25) is 0 Å². The Balaban J connectivity index is -0.000000500. The van der Waals surface area contributed by atoms with Crippen LogP contribution in [0.5, 0.6) is 0 Å². The lowest BCUT2D eigenvalue weighted by molar-refractivity contribution is 0.159. The number of alkyl halides is 1. The van der Waals surface area contributed by atoms with Crippen LogP contribution in [0.4, 0.5) is 4.39 Å². The number of halogens is 3. The maximum absolute atomic E-state index is 13.4. The van der Waals surface area contributed by atoms with Crippen molar-refractivity contribution in [1.82, 2.24) is 0 Å². The fraction of sp³-hybridized carbons (Fsp3) is 1.00. The van der Waals surface area contributed by atoms with E-state index in [0.717, 1.165) is 6.42 Å². The van der Waals surface area contributed by atoms with Gasteiger partial charge >= 0.3 is 0 Å². The number of nitrogens with two attached hydrogens (primary N) is 2. The first-order valence-electron chi connectivity index (χ1n) is 4.13. The highest BCUT2D eigenvalue weighted by atomic mass is 35.5. The molecule has 13 heavy (non-hydrogen) atoms. The molecule has 4 N–H and O–H groups in total. The normalized spacial score (nSPS) is 10.6. The summed E-state index contributed by atoms with van der Waals surface area (Å²) in [5.41, 5.74) is 9.17. The molecule has 84 valence electrons. The van der Waals surface area contributed by atoms with Crippen LogP contribution in [-0.4, -0.2) is 18.8 Å². The van der Waals surface area contributed by atoms with Crippen molar-refractivity contribution in [2.75, 3.05) is 13.1 Å². The number of rotatable bonds is 5. The molecule has 0 aromatic heterocycles. The number of hydrogen-bond donors (Lipinski definition) is 2. The Kier molecular flexibility index (Phi) is 13.2. The molecule has 0 spiro atoms. The van der Waals surface area contributed by atoms with E-state index in [9.17, 15) is 4.39 Å². The van der Waals surface area contributed by atoms with Gasteiger partial charge in [-0.1, -0.05) is 13.8 Å². The molecule has 0 aromatic rings. The predicted molar refractivity (Wildman–Crippen MR) is 60.5 cm³/mol. The van der Waals surface area contributed by atoms with Gasteiger partial charge in [0.2, 0.25) is 0 Å². The lowest BCUT2D eigenvalue weighted by Gasteiger charge is -2.22. The summed E-state index contributed by atoms with van der Waals surface area (Å²) in [4.78, 5) is 0. The standard InChI is InChI=1S/C8H19FN2.2ClH/c1-7(2)3-4-8(9,5-10)6-11;;/h7H,3-6,10-11H2,1-2H3;2*1H. The van der Waals surface area contributed by atoms with Crippen molar-refractivity contribution in [3.8, 4) is 0 Å². The highest BCUT2D eigenvalue weighted by Gasteiger charge is 2.25. The first kappa shape index (κ1) is 19.1. The van der Waals surface area contributed by atoms with Crippen LogP contribution in [0.3, 0.4) is 0 Å². The largest absolute Gasteiger partial charge is 0.327 e. The molecule has 0 aliphatic carbocycles. The average molecular weight is 235 g/mol. The van der Waals surface area contributed by atoms with E-state index in [4.69, 9.17) is 11.5 Å². The molecule has 0 aromatic carbocycles. The van der Waals surface area contributed by atoms with Gasteiger partial charge in [-0.25, -0.2) is 4.39 Å². The van der Waals surface area contributed by atoms with Crippen LogP contribution in [0.25, 0.3) is 0 Å². The fourth-order valence-electron chi connectivity index (χ4n) is 0.835. The summed E-state index contributed by atoms with van der Waals surface area (Å²) in [6.45, 7) is 4.20. The quantitative estimate of drug-likeness (QED) is 0.764. The molecule has 0 saturated carbocycles. The van der Waals surface area contributed by atoms with E-state index in [-0.39, 0.29) is 37.9 Å². The van der Waals surface area contributed by atoms with E-state index in [1.165, 1.54) is 0 Å². The Morgan fingerprint density at radius 1 is 1.15 bits per heavy atom. The van der Waals surface area contributed by atoms with E-state index in [0.29, 0.717) is 12.3 Å². The molecule has 0 amide bonds. The zero-order valence-electron chi connectivity index (χ0n) is 8.25. The molecule has 0 radical (unpaired) electrons. The zero-order valence-corrected chi connectivity index (χ0v) is 9.89. The Bertz CT molecular complexity index is 108. The third-order valence-electron chi connectivity index (χ3n) is 1.90. The van der Waals surface area contributed by atoms with Crippen LogP contribution in [0.2, 0.25) is 0 Å². The van der Waals surface area contributed by atoms with Gasteiger partial charge in [0.1, 0.15) is 5.67 Å². The van der Waals surface area contributed by atoms with Gasteiger partial charge in [-0.2, -0.15) is 0 Å². The minimum absolute atomic E-state index is 0. The second-order valence-electron chi connectivity index (χ2n) is 3.49. The first-order valence-corrected chi connectivity index (χ1v) is 4.13. The molecule has 2 nitrogen and oxygen atoms in total. The summed E-state index contributed by atoms with van der Waals surface area (Å²) in [7, 11) is 0. The van der Waals surface area contributed by atoms with E-state index >= 15 is 0 Å². The molecule has 0 aliphatic heterocycles. The SMILES string of the molecule is CC(C)CCC(F)(CN)CN.Cl.Cl. The van der Waals surface area contributed by atoms with E-state index < -0.39 is 5.67 Å². The van der Waals surface area contributed by atoms with E-state index in [2.05, 4.69) is 13.8 Å². The molecule has 0 heterocycles. The van der Waals surface area contributed by atoms with Gasteiger partial charge in [0.05, 0.1) is 0 Å². The van der Waals surface area contributed by atoms with Crippen LogP contribution in [0.15, 0.2) is 0 Å². The highest BCUT2D eigenvalue weighted by molar-refractivity contribution is 5.85. The zero-order chi connectivity index (χ0) is 8.91. The fourth-order valence-corrected chi connectivity index (χ4v) is 0.835. The van der Waals surface area contributed by atoms with Crippen LogP contribution in [0.1, 0.15) is 26.7 Å². The summed E-state index contributed by atoms with van der Waals surface area (Å²) >= 11 is 0. The van der Waals surface area contributed by atoms with Gasteiger partial charge in [-0.05, 0) is 18.8 Å². The van der Waals surface area contributed by atoms with Crippen molar-refractivity contribution in [2.24, 2.45) is 17.4 Å². The number of hydrogen-bond acceptors (Lipinski definition) is 2. The molecule has 0 bridgehead atoms. The van der Waals surface area contributed by atoms with Crippen LogP contribution in [0, 0.1) is 5.92 Å². The minimum Gasteiger partial charge on any atom is -0.327 e. The molecule has 0 saturated heterocycles. The molecule has 0 aliphatic rings. The van der Waals surface area contributed by atoms with Crippen molar-refractivity contribution < 1.29 is 4.39 Å². The lowest BCUT2D eigenvalue weighted by Crippen LogP contribution is -2.40. The van der Waals surface area contributed by atoms with Crippen molar-refractivity contribution in [1.29, 1.82) is 0 Å².